The molecule has 1 saturated heterocycles. The molecule has 1 fully saturated rings. The van der Waals surface area contributed by atoms with Crippen molar-refractivity contribution in [3.05, 3.63) is 47.9 Å². The highest BCUT2D eigenvalue weighted by molar-refractivity contribution is 5.91. The van der Waals surface area contributed by atoms with Crippen LogP contribution in [0, 0.1) is 0 Å². The number of amides is 1. The molecule has 1 aliphatic heterocycles. The Morgan fingerprint density at radius 3 is 2.62 bits per heavy atom. The fraction of sp³-hybridized carbons (Fsp3) is 0.444. The lowest BCUT2D eigenvalue weighted by atomic mass is 10.0. The van der Waals surface area contributed by atoms with Gasteiger partial charge in [0.15, 0.2) is 0 Å². The van der Waals surface area contributed by atoms with Crippen molar-refractivity contribution >= 4 is 5.91 Å². The average Bonchev–Trinajstić information content (AvgIpc) is 3.18. The highest BCUT2D eigenvalue weighted by atomic mass is 16.5. The molecule has 6 heteroatoms. The summed E-state index contributed by atoms with van der Waals surface area (Å²) in [7, 11) is 1.66. The zero-order chi connectivity index (χ0) is 16.8. The molecule has 3 rings (SSSR count). The SMILES string of the molecule is COc1ccc(C(CNC(=O)c2ccno2)N2CCCCC2)cc1. The van der Waals surface area contributed by atoms with Crippen molar-refractivity contribution < 1.29 is 14.1 Å². The van der Waals surface area contributed by atoms with E-state index >= 15 is 0 Å². The number of rotatable bonds is 6. The monoisotopic (exact) mass is 329 g/mol. The van der Waals surface area contributed by atoms with Gasteiger partial charge in [-0.05, 0) is 43.6 Å². The summed E-state index contributed by atoms with van der Waals surface area (Å²) in [6.45, 7) is 2.63. The Labute approximate surface area is 141 Å². The molecule has 24 heavy (non-hydrogen) atoms. The predicted octanol–water partition coefficient (Wildman–Crippen LogP) is 2.64. The van der Waals surface area contributed by atoms with Gasteiger partial charge in [-0.3, -0.25) is 9.69 Å². The molecule has 1 unspecified atom stereocenters. The molecule has 0 aliphatic carbocycles. The molecule has 0 spiro atoms. The van der Waals surface area contributed by atoms with Gasteiger partial charge in [0.2, 0.25) is 5.76 Å². The van der Waals surface area contributed by atoms with Crippen molar-refractivity contribution in [2.45, 2.75) is 25.3 Å². The Bertz CT molecular complexity index is 634. The van der Waals surface area contributed by atoms with E-state index in [0.29, 0.717) is 6.54 Å². The first kappa shape index (κ1) is 16.5. The summed E-state index contributed by atoms with van der Waals surface area (Å²) in [4.78, 5) is 14.6. The van der Waals surface area contributed by atoms with Crippen LogP contribution in [0.25, 0.3) is 0 Å². The maximum absolute atomic E-state index is 12.1. The Balaban J connectivity index is 1.72. The summed E-state index contributed by atoms with van der Waals surface area (Å²) in [6.07, 6.45) is 5.14. The molecular formula is C18H23N3O3. The van der Waals surface area contributed by atoms with Crippen LogP contribution in [-0.4, -0.2) is 42.7 Å². The number of likely N-dealkylation sites (tertiary alicyclic amines) is 1. The molecule has 1 amide bonds. The van der Waals surface area contributed by atoms with Crippen LogP contribution in [0.3, 0.4) is 0 Å². The maximum atomic E-state index is 12.1. The molecule has 1 N–H and O–H groups in total. The Kier molecular flexibility index (Phi) is 5.48. The minimum atomic E-state index is -0.233. The number of methoxy groups -OCH3 is 1. The summed E-state index contributed by atoms with van der Waals surface area (Å²) in [5.41, 5.74) is 1.18. The maximum Gasteiger partial charge on any atom is 0.289 e. The highest BCUT2D eigenvalue weighted by Gasteiger charge is 2.23. The van der Waals surface area contributed by atoms with Gasteiger partial charge in [-0.2, -0.15) is 0 Å². The van der Waals surface area contributed by atoms with E-state index in [0.717, 1.165) is 18.8 Å². The molecule has 0 radical (unpaired) electrons. The van der Waals surface area contributed by atoms with Crippen LogP contribution in [0.4, 0.5) is 0 Å². The number of nitrogens with one attached hydrogen (secondary N) is 1. The van der Waals surface area contributed by atoms with E-state index in [1.165, 1.54) is 31.0 Å². The van der Waals surface area contributed by atoms with Crippen LogP contribution < -0.4 is 10.1 Å². The highest BCUT2D eigenvalue weighted by Crippen LogP contribution is 2.26. The van der Waals surface area contributed by atoms with Gasteiger partial charge in [-0.25, -0.2) is 0 Å². The van der Waals surface area contributed by atoms with Gasteiger partial charge in [0.1, 0.15) is 5.75 Å². The molecule has 2 aromatic rings. The summed E-state index contributed by atoms with van der Waals surface area (Å²) in [6, 6.07) is 9.77. The van der Waals surface area contributed by atoms with E-state index in [4.69, 9.17) is 9.26 Å². The zero-order valence-corrected chi connectivity index (χ0v) is 13.9. The third-order valence-electron chi connectivity index (χ3n) is 4.45. The van der Waals surface area contributed by atoms with Gasteiger partial charge in [-0.15, -0.1) is 0 Å². The van der Waals surface area contributed by atoms with Crippen LogP contribution >= 0.6 is 0 Å². The molecule has 1 aromatic heterocycles. The molecule has 2 heterocycles. The van der Waals surface area contributed by atoms with Crippen LogP contribution in [0.2, 0.25) is 0 Å². The Morgan fingerprint density at radius 1 is 1.25 bits per heavy atom. The number of carbonyl (C=O) groups excluding carboxylic acids is 1. The second-order valence-corrected chi connectivity index (χ2v) is 5.97. The molecule has 1 aromatic carbocycles. The number of ether oxygens (including phenoxy) is 1. The van der Waals surface area contributed by atoms with E-state index < -0.39 is 0 Å². The molecule has 6 nitrogen and oxygen atoms in total. The predicted molar refractivity (Wildman–Crippen MR) is 90.0 cm³/mol. The largest absolute Gasteiger partial charge is 0.497 e. The van der Waals surface area contributed by atoms with Crippen LogP contribution in [0.5, 0.6) is 5.75 Å². The normalized spacial score (nSPS) is 16.5. The third-order valence-corrected chi connectivity index (χ3v) is 4.45. The minimum absolute atomic E-state index is 0.142. The quantitative estimate of drug-likeness (QED) is 0.882. The summed E-state index contributed by atoms with van der Waals surface area (Å²) in [5, 5.41) is 6.54. The smallest absolute Gasteiger partial charge is 0.289 e. The van der Waals surface area contributed by atoms with Gasteiger partial charge in [0, 0.05) is 12.6 Å². The summed E-state index contributed by atoms with van der Waals surface area (Å²) in [5.74, 6) is 0.840. The molecule has 1 atom stereocenters. The van der Waals surface area contributed by atoms with Crippen molar-refractivity contribution in [2.24, 2.45) is 0 Å². The third kappa shape index (κ3) is 3.94. The average molecular weight is 329 g/mol. The van der Waals surface area contributed by atoms with Crippen molar-refractivity contribution in [1.82, 2.24) is 15.4 Å². The van der Waals surface area contributed by atoms with Crippen molar-refractivity contribution in [3.63, 3.8) is 0 Å². The Hall–Kier alpha value is -2.34. The number of nitrogens with zero attached hydrogens (tertiary/aromatic N) is 2. The van der Waals surface area contributed by atoms with Gasteiger partial charge in [-0.1, -0.05) is 23.7 Å². The number of hydrogen-bond acceptors (Lipinski definition) is 5. The van der Waals surface area contributed by atoms with Gasteiger partial charge >= 0.3 is 0 Å². The zero-order valence-electron chi connectivity index (χ0n) is 13.9. The topological polar surface area (TPSA) is 67.6 Å². The first-order chi connectivity index (χ1) is 11.8. The first-order valence-electron chi connectivity index (χ1n) is 8.35. The molecule has 128 valence electrons. The molecule has 0 saturated carbocycles. The van der Waals surface area contributed by atoms with E-state index in [1.54, 1.807) is 13.2 Å². The van der Waals surface area contributed by atoms with Crippen molar-refractivity contribution in [2.75, 3.05) is 26.7 Å². The number of hydrogen-bond donors (Lipinski definition) is 1. The lowest BCUT2D eigenvalue weighted by molar-refractivity contribution is 0.0888. The van der Waals surface area contributed by atoms with E-state index in [1.807, 2.05) is 12.1 Å². The second-order valence-electron chi connectivity index (χ2n) is 5.97. The minimum Gasteiger partial charge on any atom is -0.497 e. The summed E-state index contributed by atoms with van der Waals surface area (Å²) < 4.78 is 10.2. The lowest BCUT2D eigenvalue weighted by Gasteiger charge is -2.35. The van der Waals surface area contributed by atoms with Crippen molar-refractivity contribution in [3.8, 4) is 5.75 Å². The number of aromatic nitrogens is 1. The van der Waals surface area contributed by atoms with E-state index in [2.05, 4.69) is 27.5 Å². The van der Waals surface area contributed by atoms with Gasteiger partial charge in [0.25, 0.3) is 5.91 Å². The number of benzene rings is 1. The molecular weight excluding hydrogens is 306 g/mol. The fourth-order valence-electron chi connectivity index (χ4n) is 3.12. The van der Waals surface area contributed by atoms with Crippen molar-refractivity contribution in [1.29, 1.82) is 0 Å². The standard InChI is InChI=1S/C18H23N3O3/c1-23-15-7-5-14(6-8-15)16(21-11-3-2-4-12-21)13-19-18(22)17-9-10-20-24-17/h5-10,16H,2-4,11-13H2,1H3,(H,19,22). The van der Waals surface area contributed by atoms with Crippen LogP contribution in [0.1, 0.15) is 41.4 Å². The lowest BCUT2D eigenvalue weighted by Crippen LogP contribution is -2.40. The number of carbonyl (C=O) groups is 1. The first-order valence-corrected chi connectivity index (χ1v) is 8.35. The summed E-state index contributed by atoms with van der Waals surface area (Å²) >= 11 is 0. The Morgan fingerprint density at radius 2 is 2.00 bits per heavy atom. The van der Waals surface area contributed by atoms with Crippen LogP contribution in [0.15, 0.2) is 41.1 Å². The molecule has 0 bridgehead atoms. The van der Waals surface area contributed by atoms with E-state index in [-0.39, 0.29) is 17.7 Å². The van der Waals surface area contributed by atoms with E-state index in [9.17, 15) is 4.79 Å². The van der Waals surface area contributed by atoms with Gasteiger partial charge < -0.3 is 14.6 Å². The second kappa shape index (κ2) is 7.97. The fourth-order valence-corrected chi connectivity index (χ4v) is 3.12. The number of piperidine rings is 1. The van der Waals surface area contributed by atoms with Gasteiger partial charge in [0.05, 0.1) is 19.3 Å². The molecule has 1 aliphatic rings. The van der Waals surface area contributed by atoms with Crippen LogP contribution in [-0.2, 0) is 0 Å².